The summed E-state index contributed by atoms with van der Waals surface area (Å²) in [6.45, 7) is 0.833. The highest BCUT2D eigenvalue weighted by Crippen LogP contribution is 2.28. The zero-order valence-electron chi connectivity index (χ0n) is 8.25. The van der Waals surface area contributed by atoms with Crippen LogP contribution in [0.15, 0.2) is 18.2 Å². The molecule has 1 aromatic rings. The number of carboxylic acid groups (broad SMARTS) is 1. The number of carboxylic acids is 1. The summed E-state index contributed by atoms with van der Waals surface area (Å²) in [4.78, 5) is 10.4. The van der Waals surface area contributed by atoms with Gasteiger partial charge in [-0.1, -0.05) is 0 Å². The molecule has 2 atom stereocenters. The van der Waals surface area contributed by atoms with Crippen molar-refractivity contribution < 1.29 is 28.2 Å². The van der Waals surface area contributed by atoms with Gasteiger partial charge >= 0.3 is 5.97 Å². The van der Waals surface area contributed by atoms with Crippen LogP contribution in [0.1, 0.15) is 12.5 Å². The van der Waals surface area contributed by atoms with Crippen LogP contribution in [0.5, 0.6) is 0 Å². The van der Waals surface area contributed by atoms with Crippen molar-refractivity contribution in [1.29, 1.82) is 0 Å². The molecule has 0 spiro atoms. The molecule has 1 aromatic carbocycles. The van der Waals surface area contributed by atoms with E-state index in [0.29, 0.717) is 18.2 Å². The van der Waals surface area contributed by atoms with Gasteiger partial charge in [0.25, 0.3) is 0 Å². The number of carbonyl (C=O) groups is 1. The Morgan fingerprint density at radius 3 is 2.12 bits per heavy atom. The predicted molar refractivity (Wildman–Crippen MR) is 48.5 cm³/mol. The molecule has 0 aliphatic carbocycles. The lowest BCUT2D eigenvalue weighted by Gasteiger charge is -2.25. The molecular weight excluding hydrogens is 225 g/mol. The van der Waals surface area contributed by atoms with Crippen molar-refractivity contribution >= 4 is 5.97 Å². The predicted octanol–water partition coefficient (Wildman–Crippen LogP) is 1.59. The first-order valence-electron chi connectivity index (χ1n) is 4.31. The molecule has 0 heterocycles. The number of aliphatic carboxylic acids is 1. The lowest BCUT2D eigenvalue weighted by atomic mass is 9.91. The summed E-state index contributed by atoms with van der Waals surface area (Å²) in [7, 11) is 0. The van der Waals surface area contributed by atoms with Crippen molar-refractivity contribution in [2.75, 3.05) is 0 Å². The Kier molecular flexibility index (Phi) is 3.23. The Bertz CT molecular complexity index is 398. The van der Waals surface area contributed by atoms with Crippen LogP contribution in [0.3, 0.4) is 0 Å². The fraction of sp³-hybridized carbons (Fsp3) is 0.300. The molecule has 1 rings (SSSR count). The number of alkyl halides is 1. The maximum Gasteiger partial charge on any atom is 0.341 e. The van der Waals surface area contributed by atoms with Crippen molar-refractivity contribution in [2.24, 2.45) is 0 Å². The third-order valence-corrected chi connectivity index (χ3v) is 2.16. The first kappa shape index (κ1) is 12.5. The van der Waals surface area contributed by atoms with Gasteiger partial charge in [0.15, 0.2) is 0 Å². The minimum Gasteiger partial charge on any atom is -0.479 e. The summed E-state index contributed by atoms with van der Waals surface area (Å²) >= 11 is 0. The summed E-state index contributed by atoms with van der Waals surface area (Å²) in [5.74, 6) is -3.95. The normalized spacial score (nSPS) is 16.6. The quantitative estimate of drug-likeness (QED) is 0.835. The molecule has 0 aromatic heterocycles. The smallest absolute Gasteiger partial charge is 0.341 e. The number of hydrogen-bond acceptors (Lipinski definition) is 2. The van der Waals surface area contributed by atoms with Gasteiger partial charge in [-0.3, -0.25) is 0 Å². The van der Waals surface area contributed by atoms with Gasteiger partial charge < -0.3 is 10.2 Å². The Hall–Kier alpha value is -1.56. The molecule has 88 valence electrons. The highest BCUT2D eigenvalue weighted by molar-refractivity contribution is 5.74. The van der Waals surface area contributed by atoms with E-state index in [2.05, 4.69) is 0 Å². The van der Waals surface area contributed by atoms with E-state index in [1.54, 1.807) is 0 Å². The Morgan fingerprint density at radius 2 is 1.75 bits per heavy atom. The monoisotopic (exact) mass is 234 g/mol. The van der Waals surface area contributed by atoms with E-state index in [1.807, 2.05) is 0 Å². The molecule has 0 fully saturated rings. The molecule has 0 bridgehead atoms. The van der Waals surface area contributed by atoms with Crippen molar-refractivity contribution in [2.45, 2.75) is 18.7 Å². The lowest BCUT2D eigenvalue weighted by Crippen LogP contribution is -2.39. The van der Waals surface area contributed by atoms with Gasteiger partial charge in [0.1, 0.15) is 17.2 Å². The van der Waals surface area contributed by atoms with Crippen molar-refractivity contribution in [3.8, 4) is 0 Å². The fourth-order valence-corrected chi connectivity index (χ4v) is 1.23. The zero-order valence-corrected chi connectivity index (χ0v) is 8.25. The van der Waals surface area contributed by atoms with Gasteiger partial charge in [0, 0.05) is 6.07 Å². The molecule has 0 saturated carbocycles. The second-order valence-corrected chi connectivity index (χ2v) is 3.51. The SMILES string of the molecule is CC(O)(c1cc(F)cc(F)c1)C(F)C(=O)O. The lowest BCUT2D eigenvalue weighted by molar-refractivity contribution is -0.153. The van der Waals surface area contributed by atoms with E-state index in [1.165, 1.54) is 0 Å². The first-order valence-corrected chi connectivity index (χ1v) is 4.31. The summed E-state index contributed by atoms with van der Waals surface area (Å²) in [6.07, 6.45) is -2.67. The van der Waals surface area contributed by atoms with Crippen LogP contribution in [0.4, 0.5) is 13.2 Å². The molecule has 0 amide bonds. The van der Waals surface area contributed by atoms with Gasteiger partial charge in [0.2, 0.25) is 6.17 Å². The molecule has 0 aliphatic heterocycles. The largest absolute Gasteiger partial charge is 0.479 e. The highest BCUT2D eigenvalue weighted by Gasteiger charge is 2.40. The Morgan fingerprint density at radius 1 is 1.31 bits per heavy atom. The van der Waals surface area contributed by atoms with Crippen LogP contribution < -0.4 is 0 Å². The molecule has 0 radical (unpaired) electrons. The van der Waals surface area contributed by atoms with Crippen LogP contribution in [0, 0.1) is 11.6 Å². The molecule has 16 heavy (non-hydrogen) atoms. The minimum absolute atomic E-state index is 0.472. The van der Waals surface area contributed by atoms with E-state index >= 15 is 0 Å². The average Bonchev–Trinajstić information content (AvgIpc) is 2.14. The minimum atomic E-state index is -2.67. The molecule has 2 unspecified atom stereocenters. The third-order valence-electron chi connectivity index (χ3n) is 2.16. The molecule has 3 nitrogen and oxygen atoms in total. The van der Waals surface area contributed by atoms with E-state index in [0.717, 1.165) is 6.92 Å². The van der Waals surface area contributed by atoms with Crippen molar-refractivity contribution in [3.63, 3.8) is 0 Å². The van der Waals surface area contributed by atoms with Crippen LogP contribution in [0.2, 0.25) is 0 Å². The van der Waals surface area contributed by atoms with E-state index in [-0.39, 0.29) is 0 Å². The van der Waals surface area contributed by atoms with Gasteiger partial charge in [-0.15, -0.1) is 0 Å². The van der Waals surface area contributed by atoms with Crippen molar-refractivity contribution in [1.82, 2.24) is 0 Å². The Labute approximate surface area is 89.1 Å². The topological polar surface area (TPSA) is 57.5 Å². The fourth-order valence-electron chi connectivity index (χ4n) is 1.23. The molecule has 2 N–H and O–H groups in total. The Balaban J connectivity index is 3.20. The third kappa shape index (κ3) is 2.33. The maximum absolute atomic E-state index is 13.2. The summed E-state index contributed by atoms with van der Waals surface area (Å²) in [6, 6.07) is 1.89. The average molecular weight is 234 g/mol. The van der Waals surface area contributed by atoms with E-state index in [9.17, 15) is 23.1 Å². The van der Waals surface area contributed by atoms with E-state index in [4.69, 9.17) is 5.11 Å². The summed E-state index contributed by atoms with van der Waals surface area (Å²) in [5, 5.41) is 18.0. The van der Waals surface area contributed by atoms with E-state index < -0.39 is 34.9 Å². The number of halogens is 3. The van der Waals surface area contributed by atoms with Crippen molar-refractivity contribution in [3.05, 3.63) is 35.4 Å². The highest BCUT2D eigenvalue weighted by atomic mass is 19.1. The standard InChI is InChI=1S/C10H9F3O3/c1-10(16,8(13)9(14)15)5-2-6(11)4-7(12)3-5/h2-4,8,16H,1H3,(H,14,15). The molecule has 0 saturated heterocycles. The summed E-state index contributed by atoms with van der Waals surface area (Å²) < 4.78 is 38.8. The zero-order chi connectivity index (χ0) is 12.5. The molecule has 6 heteroatoms. The van der Waals surface area contributed by atoms with Crippen LogP contribution >= 0.6 is 0 Å². The second kappa shape index (κ2) is 4.13. The maximum atomic E-state index is 13.2. The van der Waals surface area contributed by atoms with Gasteiger partial charge in [-0.25, -0.2) is 18.0 Å². The van der Waals surface area contributed by atoms with Crippen LogP contribution in [-0.2, 0) is 10.4 Å². The van der Waals surface area contributed by atoms with Crippen LogP contribution in [0.25, 0.3) is 0 Å². The number of rotatable bonds is 3. The number of hydrogen-bond donors (Lipinski definition) is 2. The second-order valence-electron chi connectivity index (χ2n) is 3.51. The first-order chi connectivity index (χ1) is 7.25. The van der Waals surface area contributed by atoms with Crippen LogP contribution in [-0.4, -0.2) is 22.4 Å². The molecule has 0 aliphatic rings. The number of benzene rings is 1. The van der Waals surface area contributed by atoms with Gasteiger partial charge in [-0.05, 0) is 24.6 Å². The van der Waals surface area contributed by atoms with Gasteiger partial charge in [0.05, 0.1) is 0 Å². The summed E-state index contributed by atoms with van der Waals surface area (Å²) in [5.41, 5.74) is -2.96. The van der Waals surface area contributed by atoms with Gasteiger partial charge in [-0.2, -0.15) is 0 Å². The number of aliphatic hydroxyl groups is 1. The molecular formula is C10H9F3O3.